The topological polar surface area (TPSA) is 96.0 Å². The van der Waals surface area contributed by atoms with Crippen molar-refractivity contribution in [3.05, 3.63) is 125 Å². The van der Waals surface area contributed by atoms with Gasteiger partial charge in [-0.2, -0.15) is 0 Å². The monoisotopic (exact) mass is 599 g/mol. The van der Waals surface area contributed by atoms with Crippen LogP contribution in [0.25, 0.3) is 0 Å². The van der Waals surface area contributed by atoms with Gasteiger partial charge >= 0.3 is 0 Å². The van der Waals surface area contributed by atoms with Gasteiger partial charge in [0.1, 0.15) is 18.3 Å². The first-order chi connectivity index (χ1) is 20.6. The molecule has 0 spiro atoms. The average molecular weight is 600 g/mol. The molecule has 0 saturated carbocycles. The smallest absolute Gasteiger partial charge is 0.264 e. The lowest BCUT2D eigenvalue weighted by atomic mass is 10.0. The number of hydrogen-bond acceptors (Lipinski definition) is 5. The van der Waals surface area contributed by atoms with Crippen LogP contribution in [0.5, 0.6) is 5.75 Å². The van der Waals surface area contributed by atoms with E-state index in [0.717, 1.165) is 26.6 Å². The molecule has 0 unspecified atom stereocenters. The number of carbonyl (C=O) groups excluding carboxylic acids is 2. The molecule has 0 fully saturated rings. The first kappa shape index (κ1) is 31.3. The largest absolute Gasteiger partial charge is 0.495 e. The molecule has 1 N–H and O–H groups in total. The van der Waals surface area contributed by atoms with E-state index in [4.69, 9.17) is 4.74 Å². The first-order valence-corrected chi connectivity index (χ1v) is 15.4. The van der Waals surface area contributed by atoms with E-state index in [9.17, 15) is 18.0 Å². The second-order valence-electron chi connectivity index (χ2n) is 10.3. The van der Waals surface area contributed by atoms with Crippen molar-refractivity contribution in [2.75, 3.05) is 25.0 Å². The van der Waals surface area contributed by atoms with Gasteiger partial charge in [-0.25, -0.2) is 8.42 Å². The van der Waals surface area contributed by atoms with E-state index >= 15 is 0 Å². The second kappa shape index (κ2) is 14.0. The highest BCUT2D eigenvalue weighted by Crippen LogP contribution is 2.34. The van der Waals surface area contributed by atoms with Gasteiger partial charge in [-0.3, -0.25) is 13.9 Å². The zero-order valence-electron chi connectivity index (χ0n) is 24.9. The van der Waals surface area contributed by atoms with Crippen molar-refractivity contribution >= 4 is 27.5 Å². The molecule has 43 heavy (non-hydrogen) atoms. The molecule has 4 aromatic rings. The lowest BCUT2D eigenvalue weighted by Crippen LogP contribution is -2.53. The number of likely N-dealkylation sites (N-methyl/N-ethyl adjacent to an activating group) is 1. The van der Waals surface area contributed by atoms with Crippen LogP contribution in [0.3, 0.4) is 0 Å². The van der Waals surface area contributed by atoms with E-state index in [0.29, 0.717) is 5.75 Å². The number of aryl methyl sites for hydroxylation is 2. The van der Waals surface area contributed by atoms with Crippen LogP contribution in [-0.2, 0) is 32.6 Å². The summed E-state index contributed by atoms with van der Waals surface area (Å²) in [6.45, 7) is 3.34. The van der Waals surface area contributed by atoms with Gasteiger partial charge in [0.25, 0.3) is 10.0 Å². The van der Waals surface area contributed by atoms with Crippen LogP contribution >= 0.6 is 0 Å². The highest BCUT2D eigenvalue weighted by molar-refractivity contribution is 7.92. The number of benzene rings is 4. The Labute approximate surface area is 254 Å². The summed E-state index contributed by atoms with van der Waals surface area (Å²) in [6.07, 6.45) is 0.247. The van der Waals surface area contributed by atoms with E-state index < -0.39 is 28.5 Å². The SMILES string of the molecule is CNC(=O)[C@@H](Cc1ccccc1)N(Cc1ccccc1C)C(=O)CN(c1cc(C)ccc1OC)S(=O)(=O)c1ccccc1. The lowest BCUT2D eigenvalue weighted by Gasteiger charge is -2.34. The molecular formula is C34H37N3O5S. The first-order valence-electron chi connectivity index (χ1n) is 14.0. The summed E-state index contributed by atoms with van der Waals surface area (Å²) >= 11 is 0. The van der Waals surface area contributed by atoms with Crippen molar-refractivity contribution in [2.24, 2.45) is 0 Å². The summed E-state index contributed by atoms with van der Waals surface area (Å²) in [5.74, 6) is -0.581. The minimum atomic E-state index is -4.22. The quantitative estimate of drug-likeness (QED) is 0.250. The molecule has 0 aliphatic heterocycles. The zero-order chi connectivity index (χ0) is 31.0. The molecule has 0 bridgehead atoms. The van der Waals surface area contributed by atoms with Gasteiger partial charge in [0.15, 0.2) is 0 Å². The minimum Gasteiger partial charge on any atom is -0.495 e. The summed E-state index contributed by atoms with van der Waals surface area (Å²) in [5.41, 5.74) is 3.69. The van der Waals surface area contributed by atoms with Crippen LogP contribution in [0, 0.1) is 13.8 Å². The Kier molecular flexibility index (Phi) is 10.2. The summed E-state index contributed by atoms with van der Waals surface area (Å²) in [7, 11) is -1.24. The number of nitrogens with one attached hydrogen (secondary N) is 1. The second-order valence-corrected chi connectivity index (χ2v) is 12.1. The minimum absolute atomic E-state index is 0.0314. The Bertz CT molecular complexity index is 1660. The summed E-state index contributed by atoms with van der Waals surface area (Å²) in [6, 6.07) is 29.3. The zero-order valence-corrected chi connectivity index (χ0v) is 25.7. The molecule has 4 aromatic carbocycles. The van der Waals surface area contributed by atoms with E-state index in [1.807, 2.05) is 74.5 Å². The third kappa shape index (κ3) is 7.42. The molecule has 1 atom stereocenters. The van der Waals surface area contributed by atoms with Crippen molar-refractivity contribution < 1.29 is 22.7 Å². The summed E-state index contributed by atoms with van der Waals surface area (Å²) in [4.78, 5) is 29.4. The predicted molar refractivity (Wildman–Crippen MR) is 168 cm³/mol. The maximum absolute atomic E-state index is 14.5. The molecule has 4 rings (SSSR count). The molecule has 0 aromatic heterocycles. The Balaban J connectivity index is 1.84. The Morgan fingerprint density at radius 1 is 0.860 bits per heavy atom. The maximum Gasteiger partial charge on any atom is 0.264 e. The van der Waals surface area contributed by atoms with Crippen molar-refractivity contribution in [3.8, 4) is 5.75 Å². The standard InChI is InChI=1S/C34H37N3O5S/c1-25-19-20-32(42-4)30(21-25)37(43(40,41)29-17-9-6-10-18-29)24-33(38)36(23-28-16-12-11-13-26(28)2)31(34(39)35-3)22-27-14-7-5-8-15-27/h5-21,31H,22-24H2,1-4H3,(H,35,39)/t31-/m1/s1. The number of hydrogen-bond donors (Lipinski definition) is 1. The van der Waals surface area contributed by atoms with Gasteiger partial charge in [-0.15, -0.1) is 0 Å². The molecule has 0 saturated heterocycles. The van der Waals surface area contributed by atoms with Crippen LogP contribution in [-0.4, -0.2) is 51.9 Å². The summed E-state index contributed by atoms with van der Waals surface area (Å²) in [5, 5.41) is 2.70. The molecule has 0 heterocycles. The number of ether oxygens (including phenoxy) is 1. The Morgan fingerprint density at radius 2 is 1.49 bits per heavy atom. The van der Waals surface area contributed by atoms with E-state index in [-0.39, 0.29) is 29.5 Å². The van der Waals surface area contributed by atoms with Gasteiger partial charge in [0, 0.05) is 20.0 Å². The number of sulfonamides is 1. The van der Waals surface area contributed by atoms with Crippen LogP contribution in [0.1, 0.15) is 22.3 Å². The predicted octanol–water partition coefficient (Wildman–Crippen LogP) is 4.89. The molecule has 224 valence electrons. The number of carbonyl (C=O) groups is 2. The van der Waals surface area contributed by atoms with E-state index in [1.54, 1.807) is 30.3 Å². The maximum atomic E-state index is 14.5. The lowest BCUT2D eigenvalue weighted by molar-refractivity contribution is -0.139. The Hall–Kier alpha value is -4.63. The molecule has 0 radical (unpaired) electrons. The van der Waals surface area contributed by atoms with Crippen LogP contribution in [0.4, 0.5) is 5.69 Å². The van der Waals surface area contributed by atoms with E-state index in [1.165, 1.54) is 31.2 Å². The van der Waals surface area contributed by atoms with Crippen LogP contribution < -0.4 is 14.4 Å². The molecule has 9 heteroatoms. The van der Waals surface area contributed by atoms with Crippen molar-refractivity contribution in [1.82, 2.24) is 10.2 Å². The van der Waals surface area contributed by atoms with E-state index in [2.05, 4.69) is 5.32 Å². The molecular weight excluding hydrogens is 562 g/mol. The van der Waals surface area contributed by atoms with Crippen molar-refractivity contribution in [2.45, 2.75) is 37.8 Å². The van der Waals surface area contributed by atoms with Gasteiger partial charge in [-0.05, 0) is 60.4 Å². The summed E-state index contributed by atoms with van der Waals surface area (Å²) < 4.78 is 34.9. The van der Waals surface area contributed by atoms with Gasteiger partial charge in [0.2, 0.25) is 11.8 Å². The Morgan fingerprint density at radius 3 is 2.12 bits per heavy atom. The average Bonchev–Trinajstić information content (AvgIpc) is 3.02. The fourth-order valence-corrected chi connectivity index (χ4v) is 6.36. The van der Waals surface area contributed by atoms with Gasteiger partial charge in [0.05, 0.1) is 17.7 Å². The number of methoxy groups -OCH3 is 1. The number of rotatable bonds is 12. The number of amides is 2. The molecule has 0 aliphatic rings. The van der Waals surface area contributed by atoms with Crippen LogP contribution in [0.15, 0.2) is 108 Å². The fourth-order valence-electron chi connectivity index (χ4n) is 4.92. The fraction of sp³-hybridized carbons (Fsp3) is 0.235. The van der Waals surface area contributed by atoms with Crippen molar-refractivity contribution in [1.29, 1.82) is 0 Å². The highest BCUT2D eigenvalue weighted by atomic mass is 32.2. The molecule has 8 nitrogen and oxygen atoms in total. The third-order valence-electron chi connectivity index (χ3n) is 7.33. The number of anilines is 1. The van der Waals surface area contributed by atoms with Gasteiger partial charge < -0.3 is 15.0 Å². The van der Waals surface area contributed by atoms with Crippen molar-refractivity contribution in [3.63, 3.8) is 0 Å². The number of nitrogens with zero attached hydrogens (tertiary/aromatic N) is 2. The normalized spacial score (nSPS) is 11.8. The molecule has 0 aliphatic carbocycles. The third-order valence-corrected chi connectivity index (χ3v) is 9.11. The molecule has 2 amide bonds. The highest BCUT2D eigenvalue weighted by Gasteiger charge is 2.35. The van der Waals surface area contributed by atoms with Gasteiger partial charge in [-0.1, -0.05) is 78.9 Å². The van der Waals surface area contributed by atoms with Crippen LogP contribution in [0.2, 0.25) is 0 Å².